The molecule has 0 spiro atoms. The third kappa shape index (κ3) is 3.34. The third-order valence-electron chi connectivity index (χ3n) is 2.12. The molecule has 0 amide bonds. The van der Waals surface area contributed by atoms with Gasteiger partial charge in [0, 0.05) is 18.0 Å². The van der Waals surface area contributed by atoms with Gasteiger partial charge in [-0.15, -0.1) is 0 Å². The Hall–Kier alpha value is -1.33. The van der Waals surface area contributed by atoms with Crippen molar-refractivity contribution in [2.75, 3.05) is 11.9 Å². The van der Waals surface area contributed by atoms with E-state index in [2.05, 4.69) is 31.2 Å². The molecule has 4 nitrogen and oxygen atoms in total. The minimum atomic E-state index is 0.196. The van der Waals surface area contributed by atoms with E-state index in [4.69, 9.17) is 16.3 Å². The number of benzene rings is 1. The average molecular weight is 329 g/mol. The summed E-state index contributed by atoms with van der Waals surface area (Å²) in [6.45, 7) is 2.58. The largest absolute Gasteiger partial charge is 0.494 e. The van der Waals surface area contributed by atoms with E-state index in [1.807, 2.05) is 31.2 Å². The molecule has 2 rings (SSSR count). The van der Waals surface area contributed by atoms with Crippen molar-refractivity contribution in [3.63, 3.8) is 0 Å². The fourth-order valence-electron chi connectivity index (χ4n) is 1.40. The second kappa shape index (κ2) is 6.02. The molecule has 1 heterocycles. The lowest BCUT2D eigenvalue weighted by Crippen LogP contribution is -1.97. The Balaban J connectivity index is 2.22. The predicted octanol–water partition coefficient (Wildman–Crippen LogP) is 4.03. The van der Waals surface area contributed by atoms with Gasteiger partial charge in [-0.1, -0.05) is 6.07 Å². The lowest BCUT2D eigenvalue weighted by Gasteiger charge is -2.09. The van der Waals surface area contributed by atoms with Crippen molar-refractivity contribution in [3.8, 4) is 5.75 Å². The van der Waals surface area contributed by atoms with E-state index in [9.17, 15) is 0 Å². The van der Waals surface area contributed by atoms with E-state index in [1.165, 1.54) is 0 Å². The maximum atomic E-state index is 5.76. The molecule has 1 aromatic heterocycles. The first-order valence-electron chi connectivity index (χ1n) is 5.37. The SMILES string of the molecule is CCOc1cccc(Nc2nc(Cl)ncc2Br)c1. The molecule has 2 aromatic rings. The minimum Gasteiger partial charge on any atom is -0.494 e. The summed E-state index contributed by atoms with van der Waals surface area (Å²) >= 11 is 9.12. The summed E-state index contributed by atoms with van der Waals surface area (Å²) in [7, 11) is 0. The van der Waals surface area contributed by atoms with Crippen LogP contribution in [0.1, 0.15) is 6.92 Å². The topological polar surface area (TPSA) is 47.0 Å². The van der Waals surface area contributed by atoms with Gasteiger partial charge in [0.2, 0.25) is 5.28 Å². The smallest absolute Gasteiger partial charge is 0.224 e. The molecule has 0 aliphatic heterocycles. The molecule has 0 fully saturated rings. The fourth-order valence-corrected chi connectivity index (χ4v) is 1.82. The first-order chi connectivity index (χ1) is 8.69. The maximum Gasteiger partial charge on any atom is 0.224 e. The molecule has 1 aromatic carbocycles. The molecule has 0 atom stereocenters. The summed E-state index contributed by atoms with van der Waals surface area (Å²) in [4.78, 5) is 7.97. The van der Waals surface area contributed by atoms with E-state index >= 15 is 0 Å². The molecule has 0 saturated heterocycles. The van der Waals surface area contributed by atoms with Gasteiger partial charge in [-0.2, -0.15) is 4.98 Å². The highest BCUT2D eigenvalue weighted by Gasteiger charge is 2.04. The molecular formula is C12H11BrClN3O. The number of anilines is 2. The minimum absolute atomic E-state index is 0.196. The van der Waals surface area contributed by atoms with Gasteiger partial charge < -0.3 is 10.1 Å². The van der Waals surface area contributed by atoms with Gasteiger partial charge in [0.1, 0.15) is 11.6 Å². The van der Waals surface area contributed by atoms with Crippen molar-refractivity contribution in [3.05, 3.63) is 40.2 Å². The molecule has 0 radical (unpaired) electrons. The Labute approximate surface area is 118 Å². The van der Waals surface area contributed by atoms with Crippen LogP contribution in [-0.2, 0) is 0 Å². The van der Waals surface area contributed by atoms with E-state index < -0.39 is 0 Å². The summed E-state index contributed by atoms with van der Waals surface area (Å²) in [5, 5.41) is 3.35. The number of nitrogens with one attached hydrogen (secondary N) is 1. The van der Waals surface area contributed by atoms with Crippen molar-refractivity contribution in [1.29, 1.82) is 0 Å². The zero-order valence-corrected chi connectivity index (χ0v) is 12.0. The standard InChI is InChI=1S/C12H11BrClN3O/c1-2-18-9-5-3-4-8(6-9)16-11-10(13)7-15-12(14)17-11/h3-7H,2H2,1H3,(H,15,16,17). The molecular weight excluding hydrogens is 318 g/mol. The molecule has 0 saturated carbocycles. The number of hydrogen-bond donors (Lipinski definition) is 1. The van der Waals surface area contributed by atoms with Crippen LogP contribution in [0.25, 0.3) is 0 Å². The van der Waals surface area contributed by atoms with Gasteiger partial charge in [0.15, 0.2) is 0 Å². The fraction of sp³-hybridized carbons (Fsp3) is 0.167. The zero-order chi connectivity index (χ0) is 13.0. The molecule has 18 heavy (non-hydrogen) atoms. The first kappa shape index (κ1) is 13.1. The summed E-state index contributed by atoms with van der Waals surface area (Å²) in [5.41, 5.74) is 0.872. The van der Waals surface area contributed by atoms with Gasteiger partial charge in [0.25, 0.3) is 0 Å². The van der Waals surface area contributed by atoms with Gasteiger partial charge >= 0.3 is 0 Å². The highest BCUT2D eigenvalue weighted by Crippen LogP contribution is 2.26. The number of halogens is 2. The Morgan fingerprint density at radius 1 is 1.44 bits per heavy atom. The summed E-state index contributed by atoms with van der Waals surface area (Å²) in [5.74, 6) is 1.42. The van der Waals surface area contributed by atoms with Gasteiger partial charge in [0.05, 0.1) is 11.1 Å². The van der Waals surface area contributed by atoms with Gasteiger partial charge in [-0.3, -0.25) is 0 Å². The lowest BCUT2D eigenvalue weighted by molar-refractivity contribution is 0.340. The van der Waals surface area contributed by atoms with E-state index in [-0.39, 0.29) is 5.28 Å². The maximum absolute atomic E-state index is 5.76. The molecule has 0 aliphatic rings. The molecule has 0 bridgehead atoms. The Bertz CT molecular complexity index is 551. The van der Waals surface area contributed by atoms with Crippen LogP contribution in [-0.4, -0.2) is 16.6 Å². The lowest BCUT2D eigenvalue weighted by atomic mass is 10.3. The van der Waals surface area contributed by atoms with Crippen LogP contribution in [0.15, 0.2) is 34.9 Å². The van der Waals surface area contributed by atoms with Gasteiger partial charge in [-0.05, 0) is 46.6 Å². The van der Waals surface area contributed by atoms with E-state index in [0.717, 1.165) is 15.9 Å². The van der Waals surface area contributed by atoms with Crippen LogP contribution in [0.2, 0.25) is 5.28 Å². The summed E-state index contributed by atoms with van der Waals surface area (Å²) in [6.07, 6.45) is 1.60. The predicted molar refractivity (Wildman–Crippen MR) is 75.6 cm³/mol. The monoisotopic (exact) mass is 327 g/mol. The van der Waals surface area contributed by atoms with Crippen LogP contribution in [0.3, 0.4) is 0 Å². The molecule has 6 heteroatoms. The average Bonchev–Trinajstić information content (AvgIpc) is 2.35. The number of aromatic nitrogens is 2. The quantitative estimate of drug-likeness (QED) is 0.861. The number of rotatable bonds is 4. The normalized spacial score (nSPS) is 10.2. The van der Waals surface area contributed by atoms with Crippen LogP contribution in [0, 0.1) is 0 Å². The molecule has 94 valence electrons. The zero-order valence-electron chi connectivity index (χ0n) is 9.65. The molecule has 0 unspecified atom stereocenters. The van der Waals surface area contributed by atoms with Crippen LogP contribution < -0.4 is 10.1 Å². The van der Waals surface area contributed by atoms with Crippen LogP contribution in [0.4, 0.5) is 11.5 Å². The Morgan fingerprint density at radius 2 is 2.28 bits per heavy atom. The molecule has 0 aliphatic carbocycles. The molecule has 1 N–H and O–H groups in total. The summed E-state index contributed by atoms with van der Waals surface area (Å²) in [6, 6.07) is 7.62. The second-order valence-electron chi connectivity index (χ2n) is 3.42. The summed E-state index contributed by atoms with van der Waals surface area (Å²) < 4.78 is 6.17. The van der Waals surface area contributed by atoms with Crippen LogP contribution >= 0.6 is 27.5 Å². The van der Waals surface area contributed by atoms with Crippen molar-refractivity contribution in [1.82, 2.24) is 9.97 Å². The number of hydrogen-bond acceptors (Lipinski definition) is 4. The second-order valence-corrected chi connectivity index (χ2v) is 4.61. The van der Waals surface area contributed by atoms with Crippen molar-refractivity contribution in [2.24, 2.45) is 0 Å². The first-order valence-corrected chi connectivity index (χ1v) is 6.54. The third-order valence-corrected chi connectivity index (χ3v) is 2.88. The van der Waals surface area contributed by atoms with Crippen molar-refractivity contribution < 1.29 is 4.74 Å². The highest BCUT2D eigenvalue weighted by molar-refractivity contribution is 9.10. The van der Waals surface area contributed by atoms with Crippen LogP contribution in [0.5, 0.6) is 5.75 Å². The van der Waals surface area contributed by atoms with Crippen molar-refractivity contribution >= 4 is 39.0 Å². The van der Waals surface area contributed by atoms with Crippen molar-refractivity contribution in [2.45, 2.75) is 6.92 Å². The number of nitrogens with zero attached hydrogens (tertiary/aromatic N) is 2. The van der Waals surface area contributed by atoms with E-state index in [1.54, 1.807) is 6.20 Å². The van der Waals surface area contributed by atoms with E-state index in [0.29, 0.717) is 12.4 Å². The Kier molecular flexibility index (Phi) is 4.38. The number of ether oxygens (including phenoxy) is 1. The Morgan fingerprint density at radius 3 is 3.06 bits per heavy atom. The highest BCUT2D eigenvalue weighted by atomic mass is 79.9. The van der Waals surface area contributed by atoms with Gasteiger partial charge in [-0.25, -0.2) is 4.98 Å².